The summed E-state index contributed by atoms with van der Waals surface area (Å²) in [5, 5.41) is 5.22. The quantitative estimate of drug-likeness (QED) is 0.158. The topological polar surface area (TPSA) is 0 Å². The monoisotopic (exact) mass is 616 g/mol. The van der Waals surface area contributed by atoms with E-state index in [1.54, 1.807) is 0 Å². The van der Waals surface area contributed by atoms with E-state index in [1.165, 1.54) is 66.1 Å². The Morgan fingerprint density at radius 3 is 1.40 bits per heavy atom. The molecule has 0 aromatic heterocycles. The van der Waals surface area contributed by atoms with E-state index in [1.807, 2.05) is 0 Å². The van der Waals surface area contributed by atoms with E-state index in [9.17, 15) is 0 Å². The van der Waals surface area contributed by atoms with Crippen molar-refractivity contribution in [1.82, 2.24) is 0 Å². The average Bonchev–Trinajstić information content (AvgIpc) is 3.39. The SMILES string of the molecule is CC1=CC2=C(C=CC=CC2c2cccc3ccccc23)C1[Si](C)(Cl)C1C(C)=CC2=C1C=CC=CC2c1cccc2ccccc12. The summed E-state index contributed by atoms with van der Waals surface area (Å²) in [6.07, 6.45) is 23.3. The molecule has 0 spiro atoms. The molecule has 0 nitrogen and oxygen atoms in total. The van der Waals surface area contributed by atoms with Crippen molar-refractivity contribution < 1.29 is 0 Å². The highest BCUT2D eigenvalue weighted by Crippen LogP contribution is 2.59. The van der Waals surface area contributed by atoms with Gasteiger partial charge in [0, 0.05) is 22.9 Å². The van der Waals surface area contributed by atoms with Crippen LogP contribution in [0.5, 0.6) is 0 Å². The summed E-state index contributed by atoms with van der Waals surface area (Å²) in [6.45, 7) is 7.05. The first-order valence-corrected chi connectivity index (χ1v) is 19.8. The molecule has 2 heteroatoms. The number of allylic oxidation sites excluding steroid dienone is 16. The molecule has 0 saturated carbocycles. The summed E-state index contributed by atoms with van der Waals surface area (Å²) in [6, 6.07) is 31.0. The van der Waals surface area contributed by atoms with Crippen LogP contribution in [0.4, 0.5) is 0 Å². The summed E-state index contributed by atoms with van der Waals surface area (Å²) in [5.41, 5.74) is 11.6. The van der Waals surface area contributed by atoms with E-state index in [4.69, 9.17) is 11.1 Å². The average molecular weight is 617 g/mol. The minimum atomic E-state index is -2.53. The van der Waals surface area contributed by atoms with E-state index in [0.717, 1.165) is 0 Å². The van der Waals surface area contributed by atoms with Crippen molar-refractivity contribution in [3.63, 3.8) is 0 Å². The molecule has 0 fully saturated rings. The second-order valence-electron chi connectivity index (χ2n) is 13.2. The Hall–Kier alpha value is -4.17. The van der Waals surface area contributed by atoms with Crippen molar-refractivity contribution in [3.8, 4) is 0 Å². The van der Waals surface area contributed by atoms with Crippen LogP contribution in [0.15, 0.2) is 179 Å². The normalized spacial score (nSPS) is 25.2. The van der Waals surface area contributed by atoms with Crippen LogP contribution in [0.3, 0.4) is 0 Å². The molecule has 0 bridgehead atoms. The summed E-state index contributed by atoms with van der Waals surface area (Å²) in [7, 11) is -2.53. The van der Waals surface area contributed by atoms with E-state index in [0.29, 0.717) is 0 Å². The van der Waals surface area contributed by atoms with Gasteiger partial charge in [-0.3, -0.25) is 0 Å². The Morgan fingerprint density at radius 2 is 0.933 bits per heavy atom. The van der Waals surface area contributed by atoms with Gasteiger partial charge in [-0.25, -0.2) is 0 Å². The Kier molecular flexibility index (Phi) is 6.93. The summed E-state index contributed by atoms with van der Waals surface area (Å²) >= 11 is 8.14. The van der Waals surface area contributed by atoms with Crippen molar-refractivity contribution >= 4 is 40.0 Å². The lowest BCUT2D eigenvalue weighted by molar-refractivity contribution is 1.00. The van der Waals surface area contributed by atoms with Gasteiger partial charge in [-0.15, -0.1) is 0 Å². The number of rotatable bonds is 4. The Labute approximate surface area is 272 Å². The zero-order valence-electron chi connectivity index (χ0n) is 26.0. The van der Waals surface area contributed by atoms with Gasteiger partial charge in [0.15, 0.2) is 7.38 Å². The first-order chi connectivity index (χ1) is 21.9. The molecule has 0 amide bonds. The molecular weight excluding hydrogens is 580 g/mol. The van der Waals surface area contributed by atoms with Crippen molar-refractivity contribution in [3.05, 3.63) is 190 Å². The highest BCUT2D eigenvalue weighted by atomic mass is 35.6. The third-order valence-corrected chi connectivity index (χ3v) is 15.6. The fourth-order valence-corrected chi connectivity index (χ4v) is 14.5. The maximum absolute atomic E-state index is 8.14. The van der Waals surface area contributed by atoms with E-state index >= 15 is 0 Å². The highest BCUT2D eigenvalue weighted by Gasteiger charge is 2.51. The van der Waals surface area contributed by atoms with Crippen LogP contribution >= 0.6 is 11.1 Å². The van der Waals surface area contributed by atoms with Crippen LogP contribution in [0.25, 0.3) is 21.5 Å². The third-order valence-electron chi connectivity index (χ3n) is 10.5. The first kappa shape index (κ1) is 28.3. The molecule has 0 N–H and O–H groups in total. The number of halogens is 1. The van der Waals surface area contributed by atoms with Gasteiger partial charge in [0.1, 0.15) is 0 Å². The summed E-state index contributed by atoms with van der Waals surface area (Å²) in [4.78, 5) is 0. The van der Waals surface area contributed by atoms with Gasteiger partial charge >= 0.3 is 0 Å². The highest BCUT2D eigenvalue weighted by molar-refractivity contribution is 7.22. The van der Waals surface area contributed by atoms with Crippen LogP contribution in [-0.4, -0.2) is 7.38 Å². The minimum Gasteiger partial charge on any atom is -0.165 e. The standard InChI is InChI=1S/C43H37ClSi/c1-28-26-40-36(34-24-12-16-30-14-4-6-18-32(30)34)20-8-10-22-38(40)42(28)45(3,44)43-29(2)27-41-37(21-9-11-23-39(41)43)35-25-13-17-31-15-5-7-19-33(31)35/h4-27,36-37,42-43H,1-3H3. The van der Waals surface area contributed by atoms with Crippen LogP contribution in [0, 0.1) is 0 Å². The number of hydrogen-bond donors (Lipinski definition) is 0. The van der Waals surface area contributed by atoms with Crippen molar-refractivity contribution in [2.75, 3.05) is 0 Å². The van der Waals surface area contributed by atoms with Crippen LogP contribution in [0.2, 0.25) is 17.6 Å². The Morgan fingerprint density at radius 1 is 0.511 bits per heavy atom. The maximum Gasteiger partial charge on any atom is 0.176 e. The smallest absolute Gasteiger partial charge is 0.165 e. The molecule has 4 aromatic carbocycles. The van der Waals surface area contributed by atoms with Gasteiger partial charge < -0.3 is 0 Å². The lowest BCUT2D eigenvalue weighted by atomic mass is 9.86. The van der Waals surface area contributed by atoms with E-state index < -0.39 is 7.38 Å². The maximum atomic E-state index is 8.14. The lowest BCUT2D eigenvalue weighted by Crippen LogP contribution is -2.37. The molecule has 4 aliphatic carbocycles. The molecule has 0 heterocycles. The first-order valence-electron chi connectivity index (χ1n) is 16.1. The molecule has 0 aliphatic heterocycles. The molecule has 4 aliphatic rings. The van der Waals surface area contributed by atoms with Gasteiger partial charge in [-0.05, 0) is 68.8 Å². The van der Waals surface area contributed by atoms with Crippen molar-refractivity contribution in [2.24, 2.45) is 0 Å². The summed E-state index contributed by atoms with van der Waals surface area (Å²) in [5.74, 6) is 0.380. The third kappa shape index (κ3) is 4.56. The fourth-order valence-electron chi connectivity index (χ4n) is 8.70. The molecule has 45 heavy (non-hydrogen) atoms. The molecular formula is C43H37ClSi. The molecule has 0 radical (unpaired) electrons. The predicted octanol–water partition coefficient (Wildman–Crippen LogP) is 12.2. The van der Waals surface area contributed by atoms with Crippen LogP contribution in [0.1, 0.15) is 36.8 Å². The van der Waals surface area contributed by atoms with Crippen LogP contribution < -0.4 is 0 Å². The van der Waals surface area contributed by atoms with E-state index in [-0.39, 0.29) is 22.9 Å². The molecule has 220 valence electrons. The second-order valence-corrected chi connectivity index (χ2v) is 19.1. The number of benzene rings is 4. The van der Waals surface area contributed by atoms with Crippen molar-refractivity contribution in [2.45, 2.75) is 43.3 Å². The minimum absolute atomic E-state index is 0.190. The van der Waals surface area contributed by atoms with Crippen molar-refractivity contribution in [1.29, 1.82) is 0 Å². The van der Waals surface area contributed by atoms with Gasteiger partial charge in [0.25, 0.3) is 0 Å². The molecule has 8 rings (SSSR count). The second kappa shape index (κ2) is 11.0. The number of hydrogen-bond acceptors (Lipinski definition) is 0. The zero-order valence-corrected chi connectivity index (χ0v) is 27.8. The van der Waals surface area contributed by atoms with Gasteiger partial charge in [-0.2, -0.15) is 11.1 Å². The summed E-state index contributed by atoms with van der Waals surface area (Å²) < 4.78 is 0. The van der Waals surface area contributed by atoms with Gasteiger partial charge in [-0.1, -0.05) is 163 Å². The molecule has 4 atom stereocenters. The molecule has 4 unspecified atom stereocenters. The largest absolute Gasteiger partial charge is 0.176 e. The molecule has 0 saturated heterocycles. The molecule has 4 aromatic rings. The predicted molar refractivity (Wildman–Crippen MR) is 196 cm³/mol. The van der Waals surface area contributed by atoms with Gasteiger partial charge in [0.05, 0.1) is 0 Å². The fraction of sp³-hybridized carbons (Fsp3) is 0.163. The Balaban J connectivity index is 1.23. The lowest BCUT2D eigenvalue weighted by Gasteiger charge is -2.37. The van der Waals surface area contributed by atoms with Crippen LogP contribution in [-0.2, 0) is 0 Å². The van der Waals surface area contributed by atoms with Gasteiger partial charge in [0.2, 0.25) is 0 Å². The Bertz CT molecular complexity index is 1960. The van der Waals surface area contributed by atoms with E-state index in [2.05, 4.69) is 166 Å². The zero-order chi connectivity index (χ0) is 30.7. The number of fused-ring (bicyclic) bond motifs is 2.